The fourth-order valence-electron chi connectivity index (χ4n) is 3.17. The van der Waals surface area contributed by atoms with Gasteiger partial charge >= 0.3 is 11.9 Å². The van der Waals surface area contributed by atoms with Crippen LogP contribution in [0.15, 0.2) is 29.4 Å². The van der Waals surface area contributed by atoms with E-state index in [1.807, 2.05) is 28.7 Å². The van der Waals surface area contributed by atoms with Crippen molar-refractivity contribution in [2.75, 3.05) is 38.5 Å². The zero-order chi connectivity index (χ0) is 24.2. The standard InChI is InChI=1S/C21H20N4O6S3/c1-11-15(18(27)30-3)17(34-16(11)19(28)31-9-8-29-2)22-14(26)10-32-20-23-24-21-25(20)12-6-4-5-7-13(12)33-21/h4-7H,8-10H2,1-3H3,(H,22,26). The molecule has 1 amide bonds. The number of esters is 2. The van der Waals surface area contributed by atoms with E-state index in [1.54, 1.807) is 6.92 Å². The number of thioether (sulfide) groups is 1. The van der Waals surface area contributed by atoms with Gasteiger partial charge in [0.1, 0.15) is 16.5 Å². The number of carbonyl (C=O) groups excluding carboxylic acids is 3. The molecule has 0 saturated carbocycles. The normalized spacial score (nSPS) is 11.1. The van der Waals surface area contributed by atoms with E-state index in [1.165, 1.54) is 37.3 Å². The van der Waals surface area contributed by atoms with Gasteiger partial charge in [0.15, 0.2) is 5.16 Å². The topological polar surface area (TPSA) is 121 Å². The summed E-state index contributed by atoms with van der Waals surface area (Å²) in [5.41, 5.74) is 1.47. The zero-order valence-corrected chi connectivity index (χ0v) is 20.9. The number of fused-ring (bicyclic) bond motifs is 3. The number of rotatable bonds is 9. The number of nitrogens with zero attached hydrogens (tertiary/aromatic N) is 3. The van der Waals surface area contributed by atoms with Crippen molar-refractivity contribution in [3.63, 3.8) is 0 Å². The van der Waals surface area contributed by atoms with Crippen molar-refractivity contribution in [2.45, 2.75) is 12.1 Å². The number of thiazole rings is 1. The van der Waals surface area contributed by atoms with Gasteiger partial charge in [0, 0.05) is 7.11 Å². The number of amides is 1. The van der Waals surface area contributed by atoms with Crippen LogP contribution in [-0.2, 0) is 19.0 Å². The van der Waals surface area contributed by atoms with Crippen molar-refractivity contribution < 1.29 is 28.6 Å². The predicted octanol–water partition coefficient (Wildman–Crippen LogP) is 3.63. The van der Waals surface area contributed by atoms with E-state index in [9.17, 15) is 14.4 Å². The van der Waals surface area contributed by atoms with Crippen molar-refractivity contribution in [1.29, 1.82) is 0 Å². The monoisotopic (exact) mass is 520 g/mol. The van der Waals surface area contributed by atoms with Crippen LogP contribution in [0.4, 0.5) is 5.00 Å². The van der Waals surface area contributed by atoms with Gasteiger partial charge in [-0.2, -0.15) is 0 Å². The zero-order valence-electron chi connectivity index (χ0n) is 18.4. The molecule has 3 heterocycles. The van der Waals surface area contributed by atoms with Crippen LogP contribution >= 0.6 is 34.4 Å². The molecule has 10 nitrogen and oxygen atoms in total. The molecular formula is C21H20N4O6S3. The Morgan fingerprint density at radius 1 is 1.09 bits per heavy atom. The first-order valence-electron chi connectivity index (χ1n) is 9.97. The second-order valence-corrected chi connectivity index (χ2v) is 9.86. The molecular weight excluding hydrogens is 500 g/mol. The maximum absolute atomic E-state index is 12.7. The third-order valence-corrected chi connectivity index (χ3v) is 7.87. The molecule has 0 unspecified atom stereocenters. The summed E-state index contributed by atoms with van der Waals surface area (Å²) in [6, 6.07) is 7.86. The maximum Gasteiger partial charge on any atom is 0.348 e. The number of anilines is 1. The van der Waals surface area contributed by atoms with Gasteiger partial charge in [-0.05, 0) is 24.6 Å². The summed E-state index contributed by atoms with van der Waals surface area (Å²) in [5, 5.41) is 11.9. The third kappa shape index (κ3) is 4.78. The molecule has 1 N–H and O–H groups in total. The number of nitrogens with one attached hydrogen (secondary N) is 1. The van der Waals surface area contributed by atoms with E-state index in [0.717, 1.165) is 26.5 Å². The Labute approximate surface area is 206 Å². The van der Waals surface area contributed by atoms with Crippen molar-refractivity contribution in [3.05, 3.63) is 40.3 Å². The minimum atomic E-state index is -0.656. The van der Waals surface area contributed by atoms with E-state index in [2.05, 4.69) is 15.5 Å². The first kappa shape index (κ1) is 24.1. The summed E-state index contributed by atoms with van der Waals surface area (Å²) < 4.78 is 17.9. The van der Waals surface area contributed by atoms with E-state index in [-0.39, 0.29) is 40.3 Å². The van der Waals surface area contributed by atoms with E-state index >= 15 is 0 Å². The third-order valence-electron chi connectivity index (χ3n) is 4.74. The lowest BCUT2D eigenvalue weighted by molar-refractivity contribution is -0.113. The van der Waals surface area contributed by atoms with E-state index < -0.39 is 11.9 Å². The Hall–Kier alpha value is -3.00. The van der Waals surface area contributed by atoms with Gasteiger partial charge in [0.05, 0.1) is 35.2 Å². The van der Waals surface area contributed by atoms with E-state index in [4.69, 9.17) is 14.2 Å². The lowest BCUT2D eigenvalue weighted by atomic mass is 10.1. The highest BCUT2D eigenvalue weighted by molar-refractivity contribution is 7.99. The predicted molar refractivity (Wildman–Crippen MR) is 130 cm³/mol. The summed E-state index contributed by atoms with van der Waals surface area (Å²) in [6.45, 7) is 1.92. The van der Waals surface area contributed by atoms with Crippen LogP contribution in [0, 0.1) is 6.92 Å². The minimum absolute atomic E-state index is 0.0240. The highest BCUT2D eigenvalue weighted by atomic mass is 32.2. The largest absolute Gasteiger partial charge is 0.465 e. The first-order chi connectivity index (χ1) is 16.4. The number of thiophene rings is 1. The second kappa shape index (κ2) is 10.5. The molecule has 0 aliphatic rings. The van der Waals surface area contributed by atoms with Crippen LogP contribution in [-0.4, -0.2) is 65.6 Å². The molecule has 1 aromatic carbocycles. The van der Waals surface area contributed by atoms with Gasteiger partial charge in [-0.25, -0.2) is 9.59 Å². The molecule has 0 spiro atoms. The molecule has 0 aliphatic heterocycles. The molecule has 13 heteroatoms. The van der Waals surface area contributed by atoms with Gasteiger partial charge in [-0.3, -0.25) is 9.20 Å². The van der Waals surface area contributed by atoms with Crippen LogP contribution in [0.3, 0.4) is 0 Å². The van der Waals surface area contributed by atoms with Crippen LogP contribution in [0.1, 0.15) is 25.6 Å². The molecule has 4 rings (SSSR count). The Kier molecular flexibility index (Phi) is 7.46. The molecule has 34 heavy (non-hydrogen) atoms. The van der Waals surface area contributed by atoms with Crippen LogP contribution in [0.2, 0.25) is 0 Å². The molecule has 3 aromatic heterocycles. The Bertz CT molecular complexity index is 1380. The quantitative estimate of drug-likeness (QED) is 0.200. The molecule has 0 bridgehead atoms. The van der Waals surface area contributed by atoms with Gasteiger partial charge in [-0.15, -0.1) is 21.5 Å². The lowest BCUT2D eigenvalue weighted by Gasteiger charge is -2.05. The second-order valence-electron chi connectivity index (χ2n) is 6.89. The van der Waals surface area contributed by atoms with Crippen LogP contribution in [0.5, 0.6) is 0 Å². The summed E-state index contributed by atoms with van der Waals surface area (Å²) in [4.78, 5) is 38.5. The van der Waals surface area contributed by atoms with Crippen LogP contribution < -0.4 is 5.32 Å². The number of carbonyl (C=O) groups is 3. The Morgan fingerprint density at radius 2 is 1.88 bits per heavy atom. The fourth-order valence-corrected chi connectivity index (χ4v) is 6.04. The molecule has 178 valence electrons. The summed E-state index contributed by atoms with van der Waals surface area (Å²) in [5.74, 6) is -1.60. The SMILES string of the molecule is COCCOC(=O)c1sc(NC(=O)CSc2nnc3sc4ccccc4n23)c(C(=O)OC)c1C. The van der Waals surface area contributed by atoms with Gasteiger partial charge in [0.2, 0.25) is 10.9 Å². The molecule has 4 aromatic rings. The van der Waals surface area contributed by atoms with Crippen molar-refractivity contribution in [3.8, 4) is 0 Å². The van der Waals surface area contributed by atoms with Gasteiger partial charge < -0.3 is 19.5 Å². The highest BCUT2D eigenvalue weighted by Gasteiger charge is 2.27. The van der Waals surface area contributed by atoms with E-state index in [0.29, 0.717) is 10.7 Å². The Morgan fingerprint density at radius 3 is 2.65 bits per heavy atom. The summed E-state index contributed by atoms with van der Waals surface area (Å²) in [6.07, 6.45) is 0. The molecule has 0 saturated heterocycles. The maximum atomic E-state index is 12.7. The lowest BCUT2D eigenvalue weighted by Crippen LogP contribution is -2.16. The molecule has 0 fully saturated rings. The average Bonchev–Trinajstić information content (AvgIpc) is 3.49. The number of methoxy groups -OCH3 is 2. The Balaban J connectivity index is 1.51. The molecule has 0 atom stereocenters. The number of para-hydroxylation sites is 1. The summed E-state index contributed by atoms with van der Waals surface area (Å²) in [7, 11) is 2.73. The highest BCUT2D eigenvalue weighted by Crippen LogP contribution is 2.35. The molecule has 0 radical (unpaired) electrons. The van der Waals surface area contributed by atoms with Gasteiger partial charge in [-0.1, -0.05) is 35.2 Å². The van der Waals surface area contributed by atoms with Gasteiger partial charge in [0.25, 0.3) is 0 Å². The minimum Gasteiger partial charge on any atom is -0.465 e. The van der Waals surface area contributed by atoms with Crippen molar-refractivity contribution in [1.82, 2.24) is 14.6 Å². The number of benzene rings is 1. The summed E-state index contributed by atoms with van der Waals surface area (Å²) >= 11 is 3.70. The van der Waals surface area contributed by atoms with Crippen molar-refractivity contribution in [2.24, 2.45) is 0 Å². The number of ether oxygens (including phenoxy) is 3. The number of hydrogen-bond acceptors (Lipinski definition) is 11. The number of aromatic nitrogens is 3. The number of hydrogen-bond donors (Lipinski definition) is 1. The first-order valence-corrected chi connectivity index (χ1v) is 12.6. The van der Waals surface area contributed by atoms with Crippen molar-refractivity contribution >= 4 is 72.5 Å². The van der Waals surface area contributed by atoms with Crippen LogP contribution in [0.25, 0.3) is 15.2 Å². The smallest absolute Gasteiger partial charge is 0.348 e. The molecule has 0 aliphatic carbocycles. The average molecular weight is 521 g/mol. The fraction of sp³-hybridized carbons (Fsp3) is 0.286.